The van der Waals surface area contributed by atoms with Crippen molar-refractivity contribution in [3.05, 3.63) is 219 Å². The molecule has 4 atom stereocenters. The number of hydrogen-bond acceptors (Lipinski definition) is 0. The van der Waals surface area contributed by atoms with Gasteiger partial charge in [-0.3, -0.25) is 0 Å². The van der Waals surface area contributed by atoms with Gasteiger partial charge in [-0.1, -0.05) is 184 Å². The van der Waals surface area contributed by atoms with E-state index >= 15 is 0 Å². The second kappa shape index (κ2) is 15.2. The first kappa shape index (κ1) is 35.9. The Morgan fingerprint density at radius 2 is 0.717 bits per heavy atom. The van der Waals surface area contributed by atoms with E-state index < -0.39 is 0 Å². The SMILES string of the molecule is Cc1cc(C(C)c2ccccc2)c(-n2c[n+](-c3c(C(C)c4ccccc4)cc(C)cc3C(C)c3ccccc3)c(C)c2C)c(C(C)c2ccccc2)c1. The molecule has 1 heterocycles. The van der Waals surface area contributed by atoms with Crippen LogP contribution in [0.15, 0.2) is 152 Å². The van der Waals surface area contributed by atoms with Gasteiger partial charge in [-0.25, -0.2) is 0 Å². The monoisotopic (exact) mass is 693 g/mol. The highest BCUT2D eigenvalue weighted by atomic mass is 15.2. The number of aryl methyl sites for hydroxylation is 2. The van der Waals surface area contributed by atoms with Gasteiger partial charge in [-0.15, -0.1) is 0 Å². The van der Waals surface area contributed by atoms with Crippen molar-refractivity contribution in [1.82, 2.24) is 4.57 Å². The molecule has 0 fully saturated rings. The Balaban J connectivity index is 1.52. The van der Waals surface area contributed by atoms with Crippen molar-refractivity contribution in [2.75, 3.05) is 0 Å². The summed E-state index contributed by atoms with van der Waals surface area (Å²) in [5.41, 5.74) is 18.3. The van der Waals surface area contributed by atoms with Gasteiger partial charge in [0, 0.05) is 59.8 Å². The minimum atomic E-state index is 0.199. The van der Waals surface area contributed by atoms with Crippen molar-refractivity contribution in [3.63, 3.8) is 0 Å². The number of rotatable bonds is 10. The predicted molar refractivity (Wildman–Crippen MR) is 222 cm³/mol. The third-order valence-electron chi connectivity index (χ3n) is 11.6. The van der Waals surface area contributed by atoms with E-state index in [1.807, 2.05) is 0 Å². The van der Waals surface area contributed by atoms with E-state index in [9.17, 15) is 0 Å². The molecule has 6 aromatic carbocycles. The molecule has 0 saturated heterocycles. The molecule has 0 aliphatic carbocycles. The number of nitrogens with zero attached hydrogens (tertiary/aromatic N) is 2. The second-order valence-electron chi connectivity index (χ2n) is 15.1. The molecule has 2 heteroatoms. The maximum absolute atomic E-state index is 2.51. The summed E-state index contributed by atoms with van der Waals surface area (Å²) in [6.07, 6.45) is 2.39. The Morgan fingerprint density at radius 3 is 1.06 bits per heavy atom. The molecule has 0 N–H and O–H groups in total. The Bertz CT molecular complexity index is 2020. The lowest BCUT2D eigenvalue weighted by Gasteiger charge is -2.23. The summed E-state index contributed by atoms with van der Waals surface area (Å²) in [7, 11) is 0. The molecule has 4 unspecified atom stereocenters. The topological polar surface area (TPSA) is 8.81 Å². The normalized spacial score (nSPS) is 13.7. The summed E-state index contributed by atoms with van der Waals surface area (Å²) in [4.78, 5) is 0. The lowest BCUT2D eigenvalue weighted by atomic mass is 9.84. The molecule has 7 rings (SSSR count). The maximum Gasteiger partial charge on any atom is 0.254 e. The maximum atomic E-state index is 2.51. The fourth-order valence-corrected chi connectivity index (χ4v) is 8.32. The molecule has 0 aliphatic rings. The number of aromatic nitrogens is 2. The summed E-state index contributed by atoms with van der Waals surface area (Å²) in [6, 6.07) is 53.6. The number of imidazole rings is 1. The summed E-state index contributed by atoms with van der Waals surface area (Å²) in [5.74, 6) is 0.797. The number of benzene rings is 6. The molecule has 0 spiro atoms. The molecule has 0 aliphatic heterocycles. The largest absolute Gasteiger partial charge is 0.254 e. The minimum Gasteiger partial charge on any atom is -0.199 e. The van der Waals surface area contributed by atoms with Crippen LogP contribution in [0.1, 0.15) is 118 Å². The van der Waals surface area contributed by atoms with Gasteiger partial charge in [0.25, 0.3) is 6.33 Å². The van der Waals surface area contributed by atoms with Crippen LogP contribution in [0, 0.1) is 27.7 Å². The Morgan fingerprint density at radius 1 is 0.415 bits per heavy atom. The Labute approximate surface area is 317 Å². The van der Waals surface area contributed by atoms with Gasteiger partial charge in [0.1, 0.15) is 22.8 Å². The van der Waals surface area contributed by atoms with Gasteiger partial charge < -0.3 is 0 Å². The average Bonchev–Trinajstić information content (AvgIpc) is 3.49. The van der Waals surface area contributed by atoms with Crippen LogP contribution in [-0.4, -0.2) is 4.57 Å². The van der Waals surface area contributed by atoms with E-state index in [-0.39, 0.29) is 23.7 Å². The van der Waals surface area contributed by atoms with Gasteiger partial charge in [-0.2, -0.15) is 9.13 Å². The van der Waals surface area contributed by atoms with Crippen molar-refractivity contribution in [3.8, 4) is 11.4 Å². The van der Waals surface area contributed by atoms with Crippen LogP contribution >= 0.6 is 0 Å². The predicted octanol–water partition coefficient (Wildman–Crippen LogP) is 12.6. The smallest absolute Gasteiger partial charge is 0.199 e. The second-order valence-corrected chi connectivity index (χ2v) is 15.1. The standard InChI is InChI=1S/C51H53N2/c1-34-29-46(36(3)42-21-13-9-14-22-42)50(47(30-34)37(4)43-23-15-10-16-24-43)52-33-53(41(8)40(52)7)51-48(38(5)44-25-17-11-18-26-44)31-35(2)32-49(51)39(6)45-27-19-12-20-28-45/h9-33,36-39H,1-8H3/q+1. The first-order chi connectivity index (χ1) is 25.6. The van der Waals surface area contributed by atoms with Crippen LogP contribution in [0.4, 0.5) is 0 Å². The third-order valence-corrected chi connectivity index (χ3v) is 11.6. The molecule has 0 radical (unpaired) electrons. The van der Waals surface area contributed by atoms with Gasteiger partial charge >= 0.3 is 0 Å². The van der Waals surface area contributed by atoms with E-state index in [0.717, 1.165) is 0 Å². The van der Waals surface area contributed by atoms with Crippen LogP contribution in [0.3, 0.4) is 0 Å². The molecule has 0 saturated carbocycles. The highest BCUT2D eigenvalue weighted by Crippen LogP contribution is 2.40. The zero-order valence-corrected chi connectivity index (χ0v) is 32.6. The quantitative estimate of drug-likeness (QED) is 0.126. The molecule has 53 heavy (non-hydrogen) atoms. The number of hydrogen-bond donors (Lipinski definition) is 0. The van der Waals surface area contributed by atoms with Crippen molar-refractivity contribution in [1.29, 1.82) is 0 Å². The van der Waals surface area contributed by atoms with Gasteiger partial charge in [0.15, 0.2) is 0 Å². The Hall–Kier alpha value is -5.47. The lowest BCUT2D eigenvalue weighted by molar-refractivity contribution is -0.602. The minimum absolute atomic E-state index is 0.199. The fourth-order valence-electron chi connectivity index (χ4n) is 8.32. The Kier molecular flexibility index (Phi) is 10.3. The highest BCUT2D eigenvalue weighted by molar-refractivity contribution is 5.59. The molecular weight excluding hydrogens is 641 g/mol. The van der Waals surface area contributed by atoms with Crippen molar-refractivity contribution >= 4 is 0 Å². The van der Waals surface area contributed by atoms with E-state index in [2.05, 4.69) is 216 Å². The molecule has 1 aromatic heterocycles. The zero-order chi connectivity index (χ0) is 37.2. The van der Waals surface area contributed by atoms with Crippen LogP contribution in [-0.2, 0) is 0 Å². The third kappa shape index (κ3) is 7.03. The van der Waals surface area contributed by atoms with E-state index in [4.69, 9.17) is 0 Å². The fraction of sp³-hybridized carbons (Fsp3) is 0.235. The highest BCUT2D eigenvalue weighted by Gasteiger charge is 2.32. The molecule has 0 bridgehead atoms. The average molecular weight is 694 g/mol. The molecule has 2 nitrogen and oxygen atoms in total. The van der Waals surface area contributed by atoms with E-state index in [1.165, 1.54) is 78.4 Å². The first-order valence-corrected chi connectivity index (χ1v) is 19.2. The lowest BCUT2D eigenvalue weighted by Crippen LogP contribution is -2.36. The van der Waals surface area contributed by atoms with Crippen LogP contribution in [0.25, 0.3) is 11.4 Å². The van der Waals surface area contributed by atoms with Crippen LogP contribution < -0.4 is 4.57 Å². The molecule has 7 aromatic rings. The van der Waals surface area contributed by atoms with Crippen molar-refractivity contribution < 1.29 is 4.57 Å². The van der Waals surface area contributed by atoms with Crippen molar-refractivity contribution in [2.24, 2.45) is 0 Å². The molecule has 0 amide bonds. The van der Waals surface area contributed by atoms with Gasteiger partial charge in [-0.05, 0) is 36.1 Å². The van der Waals surface area contributed by atoms with E-state index in [1.54, 1.807) is 0 Å². The zero-order valence-electron chi connectivity index (χ0n) is 32.6. The summed E-state index contributed by atoms with van der Waals surface area (Å²) < 4.78 is 5.01. The van der Waals surface area contributed by atoms with Crippen LogP contribution in [0.2, 0.25) is 0 Å². The summed E-state index contributed by atoms with van der Waals surface area (Å²) >= 11 is 0. The molecular formula is C51H53N2+. The summed E-state index contributed by atoms with van der Waals surface area (Å²) in [5, 5.41) is 0. The van der Waals surface area contributed by atoms with Gasteiger partial charge in [0.05, 0.1) is 0 Å². The first-order valence-electron chi connectivity index (χ1n) is 19.2. The molecule has 266 valence electrons. The van der Waals surface area contributed by atoms with E-state index in [0.29, 0.717) is 0 Å². The summed E-state index contributed by atoms with van der Waals surface area (Å²) in [6.45, 7) is 18.6. The van der Waals surface area contributed by atoms with Crippen LogP contribution in [0.5, 0.6) is 0 Å². The van der Waals surface area contributed by atoms with Crippen molar-refractivity contribution in [2.45, 2.75) is 79.1 Å². The van der Waals surface area contributed by atoms with Gasteiger partial charge in [0.2, 0.25) is 0 Å².